The van der Waals surface area contributed by atoms with Crippen LogP contribution in [0.15, 0.2) is 162 Å². The Morgan fingerprint density at radius 2 is 1.10 bits per heavy atom. The second-order valence-corrected chi connectivity index (χ2v) is 13.4. The largest absolute Gasteiger partial charge is 0.497 e. The van der Waals surface area contributed by atoms with Crippen molar-refractivity contribution in [2.75, 3.05) is 7.11 Å². The van der Waals surface area contributed by atoms with Gasteiger partial charge in [0.2, 0.25) is 5.71 Å². The van der Waals surface area contributed by atoms with E-state index in [1.54, 1.807) is 7.11 Å². The van der Waals surface area contributed by atoms with E-state index in [9.17, 15) is 0 Å². The second kappa shape index (κ2) is 10.6. The summed E-state index contributed by atoms with van der Waals surface area (Å²) in [6.45, 7) is 0. The highest BCUT2D eigenvalue weighted by molar-refractivity contribution is 6.25. The van der Waals surface area contributed by atoms with Gasteiger partial charge in [-0.1, -0.05) is 109 Å². The van der Waals surface area contributed by atoms with Crippen LogP contribution in [0.25, 0.3) is 109 Å². The summed E-state index contributed by atoms with van der Waals surface area (Å²) in [6.07, 6.45) is 0. The van der Waals surface area contributed by atoms with Crippen LogP contribution in [-0.2, 0) is 0 Å². The Kier molecular flexibility index (Phi) is 5.88. The van der Waals surface area contributed by atoms with Crippen molar-refractivity contribution in [3.8, 4) is 28.0 Å². The molecule has 11 rings (SSSR count). The van der Waals surface area contributed by atoms with Gasteiger partial charge < -0.3 is 9.15 Å². The summed E-state index contributed by atoms with van der Waals surface area (Å²) >= 11 is 0. The van der Waals surface area contributed by atoms with Gasteiger partial charge in [0.15, 0.2) is 0 Å². The van der Waals surface area contributed by atoms with E-state index in [0.29, 0.717) is 5.71 Å². The normalized spacial score (nSPS) is 12.0. The minimum absolute atomic E-state index is 0.634. The molecule has 0 bridgehead atoms. The summed E-state index contributed by atoms with van der Waals surface area (Å²) in [6, 6.07) is 57.2. The van der Waals surface area contributed by atoms with Gasteiger partial charge in [0.1, 0.15) is 11.3 Å². The van der Waals surface area contributed by atoms with Crippen LogP contribution < -0.4 is 4.74 Å². The monoisotopic (exact) mass is 651 g/mol. The Labute approximate surface area is 292 Å². The number of pyridine rings is 1. The second-order valence-electron chi connectivity index (χ2n) is 13.4. The predicted molar refractivity (Wildman–Crippen MR) is 214 cm³/mol. The molecule has 0 amide bonds. The van der Waals surface area contributed by atoms with Crippen molar-refractivity contribution in [1.82, 2.24) is 4.98 Å². The average molecular weight is 652 g/mol. The zero-order valence-corrected chi connectivity index (χ0v) is 27.8. The Bertz CT molecular complexity index is 3190. The van der Waals surface area contributed by atoms with E-state index in [4.69, 9.17) is 14.1 Å². The predicted octanol–water partition coefficient (Wildman–Crippen LogP) is 13.2. The topological polar surface area (TPSA) is 35.3 Å². The maximum absolute atomic E-state index is 6.17. The molecule has 0 aliphatic heterocycles. The molecule has 3 nitrogen and oxygen atoms in total. The van der Waals surface area contributed by atoms with E-state index < -0.39 is 0 Å². The highest BCUT2D eigenvalue weighted by Crippen LogP contribution is 2.46. The van der Waals surface area contributed by atoms with Crippen LogP contribution in [-0.4, -0.2) is 12.1 Å². The number of methoxy groups -OCH3 is 1. The fraction of sp³-hybridized carbons (Fsp3) is 0.0208. The molecule has 3 heteroatoms. The molecular formula is C48H29NO2. The molecular weight excluding hydrogens is 623 g/mol. The maximum atomic E-state index is 6.17. The summed E-state index contributed by atoms with van der Waals surface area (Å²) in [7, 11) is 1.67. The summed E-state index contributed by atoms with van der Waals surface area (Å²) in [5.41, 5.74) is 7.21. The van der Waals surface area contributed by atoms with Gasteiger partial charge in [-0.15, -0.1) is 0 Å². The quantitative estimate of drug-likeness (QED) is 0.141. The molecule has 0 unspecified atom stereocenters. The van der Waals surface area contributed by atoms with E-state index in [1.165, 1.54) is 70.6 Å². The van der Waals surface area contributed by atoms with Crippen molar-refractivity contribution >= 4 is 86.8 Å². The maximum Gasteiger partial charge on any atom is 0.227 e. The summed E-state index contributed by atoms with van der Waals surface area (Å²) in [4.78, 5) is 4.94. The molecule has 0 fully saturated rings. The molecule has 2 heterocycles. The molecule has 2 aromatic heterocycles. The Balaban J connectivity index is 1.17. The van der Waals surface area contributed by atoms with Gasteiger partial charge in [-0.2, -0.15) is 0 Å². The number of aromatic nitrogens is 1. The highest BCUT2D eigenvalue weighted by atomic mass is 16.5. The Morgan fingerprint density at radius 3 is 1.86 bits per heavy atom. The first kappa shape index (κ1) is 28.2. The third-order valence-corrected chi connectivity index (χ3v) is 10.7. The van der Waals surface area contributed by atoms with Gasteiger partial charge in [0, 0.05) is 22.2 Å². The van der Waals surface area contributed by atoms with Crippen LogP contribution in [0.5, 0.6) is 5.75 Å². The van der Waals surface area contributed by atoms with Gasteiger partial charge in [-0.05, 0) is 119 Å². The van der Waals surface area contributed by atoms with Crippen LogP contribution in [0.2, 0.25) is 0 Å². The first-order valence-corrected chi connectivity index (χ1v) is 17.3. The number of rotatable bonds is 3. The molecule has 0 aliphatic rings. The molecule has 0 spiro atoms. The average Bonchev–Trinajstić information content (AvgIpc) is 3.54. The van der Waals surface area contributed by atoms with Crippen LogP contribution in [0, 0.1) is 0 Å². The van der Waals surface area contributed by atoms with Gasteiger partial charge in [0.05, 0.1) is 12.6 Å². The molecule has 0 saturated carbocycles. The summed E-state index contributed by atoms with van der Waals surface area (Å²) in [5, 5.41) is 15.6. The van der Waals surface area contributed by atoms with Crippen LogP contribution >= 0.6 is 0 Å². The minimum Gasteiger partial charge on any atom is -0.497 e. The van der Waals surface area contributed by atoms with Crippen molar-refractivity contribution in [2.45, 2.75) is 0 Å². The fourth-order valence-corrected chi connectivity index (χ4v) is 8.36. The third kappa shape index (κ3) is 4.15. The molecule has 0 saturated heterocycles. The standard InChI is InChI=1S/C48H29NO2/c1-50-33-19-21-36-43-26-32-24-31(18-22-44(32)49-48(43)51-45(36)27-33)46-38-11-4-6-13-40(38)47(41-14-7-5-12-39(41)46)37-16-8-15-34-35(37)20-17-30-23-28-9-2-3-10-29(28)25-42(30)34/h2-27H,1H3. The number of hydrogen-bond acceptors (Lipinski definition) is 3. The van der Waals surface area contributed by atoms with Crippen molar-refractivity contribution in [1.29, 1.82) is 0 Å². The zero-order valence-electron chi connectivity index (χ0n) is 27.8. The van der Waals surface area contributed by atoms with E-state index >= 15 is 0 Å². The number of fused-ring (bicyclic) bond motifs is 10. The zero-order chi connectivity index (χ0) is 33.6. The van der Waals surface area contributed by atoms with E-state index in [-0.39, 0.29) is 0 Å². The van der Waals surface area contributed by atoms with Gasteiger partial charge in [0.25, 0.3) is 0 Å². The van der Waals surface area contributed by atoms with E-state index in [1.807, 2.05) is 12.1 Å². The lowest BCUT2D eigenvalue weighted by atomic mass is 9.84. The number of nitrogens with zero attached hydrogens (tertiary/aromatic N) is 1. The fourth-order valence-electron chi connectivity index (χ4n) is 8.36. The SMILES string of the molecule is COc1ccc2c(c1)oc1nc3ccc(-c4c5ccccc5c(-c5cccc6c5ccc5cc7ccccc7cc56)c5ccccc45)cc3cc12. The molecule has 0 radical (unpaired) electrons. The van der Waals surface area contributed by atoms with E-state index in [0.717, 1.165) is 38.6 Å². The first-order chi connectivity index (χ1) is 25.2. The third-order valence-electron chi connectivity index (χ3n) is 10.7. The number of benzene rings is 9. The lowest BCUT2D eigenvalue weighted by Gasteiger charge is -2.19. The minimum atomic E-state index is 0.634. The molecule has 51 heavy (non-hydrogen) atoms. The Hall–Kier alpha value is -6.71. The van der Waals surface area contributed by atoms with Crippen molar-refractivity contribution in [3.05, 3.63) is 158 Å². The Morgan fingerprint density at radius 1 is 0.431 bits per heavy atom. The molecule has 9 aromatic carbocycles. The smallest absolute Gasteiger partial charge is 0.227 e. The van der Waals surface area contributed by atoms with Gasteiger partial charge >= 0.3 is 0 Å². The lowest BCUT2D eigenvalue weighted by Crippen LogP contribution is -1.92. The van der Waals surface area contributed by atoms with Gasteiger partial charge in [-0.25, -0.2) is 4.98 Å². The summed E-state index contributed by atoms with van der Waals surface area (Å²) < 4.78 is 11.6. The van der Waals surface area contributed by atoms with Gasteiger partial charge in [-0.3, -0.25) is 0 Å². The van der Waals surface area contributed by atoms with Crippen molar-refractivity contribution in [2.24, 2.45) is 0 Å². The van der Waals surface area contributed by atoms with Crippen molar-refractivity contribution < 1.29 is 9.15 Å². The number of ether oxygens (including phenoxy) is 1. The molecule has 0 aliphatic carbocycles. The van der Waals surface area contributed by atoms with Crippen LogP contribution in [0.3, 0.4) is 0 Å². The molecule has 11 aromatic rings. The molecule has 238 valence electrons. The van der Waals surface area contributed by atoms with Crippen LogP contribution in [0.1, 0.15) is 0 Å². The summed E-state index contributed by atoms with van der Waals surface area (Å²) in [5.74, 6) is 0.765. The van der Waals surface area contributed by atoms with Crippen molar-refractivity contribution in [3.63, 3.8) is 0 Å². The van der Waals surface area contributed by atoms with Crippen LogP contribution in [0.4, 0.5) is 0 Å². The lowest BCUT2D eigenvalue weighted by molar-refractivity contribution is 0.414. The highest BCUT2D eigenvalue weighted by Gasteiger charge is 2.19. The first-order valence-electron chi connectivity index (χ1n) is 17.3. The van der Waals surface area contributed by atoms with E-state index in [2.05, 4.69) is 146 Å². The molecule has 0 N–H and O–H groups in total. The number of hydrogen-bond donors (Lipinski definition) is 0. The molecule has 0 atom stereocenters. The number of furan rings is 1.